The summed E-state index contributed by atoms with van der Waals surface area (Å²) in [5.41, 5.74) is -0.0882. The van der Waals surface area contributed by atoms with Crippen molar-refractivity contribution in [2.24, 2.45) is 10.8 Å². The van der Waals surface area contributed by atoms with Crippen LogP contribution in [0.1, 0.15) is 69.2 Å². The van der Waals surface area contributed by atoms with Crippen LogP contribution in [-0.2, 0) is 28.2 Å². The summed E-state index contributed by atoms with van der Waals surface area (Å²) in [4.78, 5) is 24.2. The normalized spacial score (nSPS) is 13.3. The Morgan fingerprint density at radius 1 is 0.759 bits per heavy atom. The minimum Gasteiger partial charge on any atom is -0.469 e. The molecule has 0 aromatic carbocycles. The molecule has 0 radical (unpaired) electrons. The molecule has 172 valence electrons. The Kier molecular flexibility index (Phi) is 11.1. The van der Waals surface area contributed by atoms with Crippen molar-refractivity contribution in [2.75, 3.05) is 33.5 Å². The van der Waals surface area contributed by atoms with E-state index in [1.165, 1.54) is 7.11 Å². The first-order valence-electron chi connectivity index (χ1n) is 10.6. The van der Waals surface area contributed by atoms with Crippen LogP contribution in [0.4, 0.5) is 0 Å². The van der Waals surface area contributed by atoms with Gasteiger partial charge < -0.3 is 18.6 Å². The van der Waals surface area contributed by atoms with Gasteiger partial charge in [-0.25, -0.2) is 0 Å². The van der Waals surface area contributed by atoms with Crippen molar-refractivity contribution < 1.29 is 28.2 Å². The first-order valence-corrected chi connectivity index (χ1v) is 12.8. The monoisotopic (exact) mass is 432 g/mol. The van der Waals surface area contributed by atoms with E-state index in [4.69, 9.17) is 18.6 Å². The van der Waals surface area contributed by atoms with Gasteiger partial charge in [-0.3, -0.25) is 9.59 Å². The van der Waals surface area contributed by atoms with Gasteiger partial charge >= 0.3 is 11.9 Å². The van der Waals surface area contributed by atoms with Gasteiger partial charge in [-0.1, -0.05) is 41.5 Å². The molecule has 0 aromatic rings. The fourth-order valence-corrected chi connectivity index (χ4v) is 9.53. The Labute approximate surface area is 179 Å². The van der Waals surface area contributed by atoms with E-state index in [2.05, 4.69) is 41.5 Å². The molecule has 0 unspecified atom stereocenters. The highest BCUT2D eigenvalue weighted by Gasteiger charge is 2.46. The quantitative estimate of drug-likeness (QED) is 0.233. The lowest BCUT2D eigenvalue weighted by Crippen LogP contribution is -2.50. The number of methoxy groups -OCH3 is 1. The molecule has 0 saturated carbocycles. The second-order valence-electron chi connectivity index (χ2n) is 10.1. The Bertz CT molecular complexity index is 504. The number of hydrogen-bond donors (Lipinski definition) is 0. The number of carbonyl (C=O) groups excluding carboxylic acids is 2. The molecule has 0 aliphatic rings. The zero-order valence-electron chi connectivity index (χ0n) is 20.5. The molecule has 0 rings (SSSR count). The van der Waals surface area contributed by atoms with Crippen molar-refractivity contribution in [1.29, 1.82) is 0 Å². The lowest BCUT2D eigenvalue weighted by atomic mass is 9.95. The fraction of sp³-hybridized carbons (Fsp3) is 0.909. The predicted molar refractivity (Wildman–Crippen MR) is 118 cm³/mol. The van der Waals surface area contributed by atoms with E-state index in [9.17, 15) is 9.59 Å². The zero-order chi connectivity index (χ0) is 23.0. The van der Waals surface area contributed by atoms with Gasteiger partial charge in [0.2, 0.25) is 0 Å². The van der Waals surface area contributed by atoms with Crippen molar-refractivity contribution in [2.45, 2.75) is 85.9 Å². The van der Waals surface area contributed by atoms with Crippen LogP contribution < -0.4 is 0 Å². The van der Waals surface area contributed by atoms with E-state index in [0.29, 0.717) is 23.2 Å². The minimum absolute atomic E-state index is 0.140. The third-order valence-electron chi connectivity index (χ3n) is 5.60. The van der Waals surface area contributed by atoms with Crippen molar-refractivity contribution in [3.05, 3.63) is 0 Å². The first kappa shape index (κ1) is 28.1. The van der Waals surface area contributed by atoms with Crippen LogP contribution in [0, 0.1) is 10.8 Å². The predicted octanol–water partition coefficient (Wildman–Crippen LogP) is 4.96. The summed E-state index contributed by atoms with van der Waals surface area (Å²) in [7, 11) is -0.686. The Morgan fingerprint density at radius 2 is 1.21 bits per heavy atom. The maximum absolute atomic E-state index is 12.6. The Morgan fingerprint density at radius 3 is 1.62 bits per heavy atom. The highest BCUT2D eigenvalue weighted by Crippen LogP contribution is 2.43. The molecule has 0 spiro atoms. The van der Waals surface area contributed by atoms with Gasteiger partial charge in [-0.2, -0.15) is 0 Å². The molecule has 0 saturated heterocycles. The van der Waals surface area contributed by atoms with E-state index in [0.717, 1.165) is 0 Å². The van der Waals surface area contributed by atoms with E-state index in [1.807, 2.05) is 13.8 Å². The van der Waals surface area contributed by atoms with Crippen LogP contribution in [0.25, 0.3) is 0 Å². The van der Waals surface area contributed by atoms with Gasteiger partial charge in [-0.15, -0.1) is 0 Å². The molecular formula is C22H44O6Si. The Hall–Kier alpha value is -0.923. The lowest BCUT2D eigenvalue weighted by Gasteiger charge is -2.43. The van der Waals surface area contributed by atoms with Gasteiger partial charge in [0, 0.05) is 6.61 Å². The van der Waals surface area contributed by atoms with Gasteiger partial charge in [0.05, 0.1) is 31.2 Å². The van der Waals surface area contributed by atoms with Gasteiger partial charge in [0.1, 0.15) is 6.61 Å². The maximum Gasteiger partial charge on any atom is 0.313 e. The second-order valence-corrected chi connectivity index (χ2v) is 15.5. The molecular weight excluding hydrogens is 388 g/mol. The van der Waals surface area contributed by atoms with Crippen LogP contribution in [0.3, 0.4) is 0 Å². The molecule has 0 fully saturated rings. The number of esters is 2. The second kappa shape index (κ2) is 11.5. The summed E-state index contributed by atoms with van der Waals surface area (Å²) < 4.78 is 22.2. The lowest BCUT2D eigenvalue weighted by molar-refractivity contribution is -0.160. The average molecular weight is 433 g/mol. The topological polar surface area (TPSA) is 71.1 Å². The SMILES string of the molecule is COC(=O)C(C)(C)COCCOC(=O)C(C)(C)CO[Si](C(C)C)(C(C)C)C(C)C. The molecule has 0 heterocycles. The van der Waals surface area contributed by atoms with Crippen LogP contribution in [0.15, 0.2) is 0 Å². The molecule has 29 heavy (non-hydrogen) atoms. The number of ether oxygens (including phenoxy) is 3. The number of carbonyl (C=O) groups is 2. The van der Waals surface area contributed by atoms with Crippen molar-refractivity contribution in [3.63, 3.8) is 0 Å². The maximum atomic E-state index is 12.6. The van der Waals surface area contributed by atoms with Gasteiger partial charge in [0.15, 0.2) is 8.32 Å². The van der Waals surface area contributed by atoms with E-state index in [1.54, 1.807) is 13.8 Å². The molecule has 7 heteroatoms. The van der Waals surface area contributed by atoms with Crippen molar-refractivity contribution in [1.82, 2.24) is 0 Å². The van der Waals surface area contributed by atoms with Crippen LogP contribution >= 0.6 is 0 Å². The zero-order valence-corrected chi connectivity index (χ0v) is 21.5. The van der Waals surface area contributed by atoms with Gasteiger partial charge in [-0.05, 0) is 44.3 Å². The molecule has 0 bridgehead atoms. The summed E-state index contributed by atoms with van der Waals surface area (Å²) in [6.45, 7) is 21.5. The molecule has 6 nitrogen and oxygen atoms in total. The largest absolute Gasteiger partial charge is 0.469 e. The molecule has 0 atom stereocenters. The smallest absolute Gasteiger partial charge is 0.313 e. The summed E-state index contributed by atoms with van der Waals surface area (Å²) in [5, 5.41) is 0. The number of hydrogen-bond acceptors (Lipinski definition) is 6. The van der Waals surface area contributed by atoms with Crippen molar-refractivity contribution >= 4 is 20.3 Å². The van der Waals surface area contributed by atoms with Crippen molar-refractivity contribution in [3.8, 4) is 0 Å². The summed E-state index contributed by atoms with van der Waals surface area (Å²) >= 11 is 0. The summed E-state index contributed by atoms with van der Waals surface area (Å²) in [6.07, 6.45) is 0. The highest BCUT2D eigenvalue weighted by atomic mass is 28.4. The third-order valence-corrected chi connectivity index (χ3v) is 11.7. The number of rotatable bonds is 13. The Balaban J connectivity index is 4.68. The van der Waals surface area contributed by atoms with Crippen LogP contribution in [0.2, 0.25) is 16.6 Å². The molecule has 0 amide bonds. The molecule has 0 N–H and O–H groups in total. The highest BCUT2D eigenvalue weighted by molar-refractivity contribution is 6.77. The van der Waals surface area contributed by atoms with Crippen LogP contribution in [-0.4, -0.2) is 53.8 Å². The minimum atomic E-state index is -2.04. The first-order chi connectivity index (χ1) is 13.1. The fourth-order valence-electron chi connectivity index (χ4n) is 3.92. The summed E-state index contributed by atoms with van der Waals surface area (Å²) in [5.74, 6) is -0.631. The third kappa shape index (κ3) is 7.68. The average Bonchev–Trinajstić information content (AvgIpc) is 2.59. The van der Waals surface area contributed by atoms with E-state index >= 15 is 0 Å². The molecule has 0 aliphatic carbocycles. The van der Waals surface area contributed by atoms with Gasteiger partial charge in [0.25, 0.3) is 0 Å². The van der Waals surface area contributed by atoms with Crippen LogP contribution in [0.5, 0.6) is 0 Å². The van der Waals surface area contributed by atoms with E-state index < -0.39 is 19.1 Å². The molecule has 0 aliphatic heterocycles. The standard InChI is InChI=1S/C22H44O6Si/c1-16(2)29(17(3)4,18(5)6)28-15-22(9,10)20(24)27-13-12-26-14-21(7,8)19(23)25-11/h16-18H,12-15H2,1-11H3. The molecule has 0 aromatic heterocycles. The summed E-state index contributed by atoms with van der Waals surface area (Å²) in [6, 6.07) is 0. The van der Waals surface area contributed by atoms with E-state index in [-0.39, 0.29) is 31.8 Å².